The van der Waals surface area contributed by atoms with Crippen molar-refractivity contribution in [3.8, 4) is 11.5 Å². The van der Waals surface area contributed by atoms with Gasteiger partial charge in [-0.05, 0) is 80.9 Å². The van der Waals surface area contributed by atoms with Crippen molar-refractivity contribution in [3.63, 3.8) is 0 Å². The first-order chi connectivity index (χ1) is 15.7. The van der Waals surface area contributed by atoms with Gasteiger partial charge >= 0.3 is 0 Å². The average molecular weight is 470 g/mol. The molecule has 1 saturated heterocycles. The van der Waals surface area contributed by atoms with E-state index in [9.17, 15) is 14.9 Å². The Morgan fingerprint density at radius 3 is 2.39 bits per heavy atom. The summed E-state index contributed by atoms with van der Waals surface area (Å²) in [6, 6.07) is 11.7. The van der Waals surface area contributed by atoms with Gasteiger partial charge in [-0.25, -0.2) is 0 Å². The minimum Gasteiger partial charge on any atom is -0.493 e. The number of methoxy groups -OCH3 is 1. The van der Waals surface area contributed by atoms with Crippen LogP contribution in [0, 0.1) is 10.1 Å². The van der Waals surface area contributed by atoms with E-state index < -0.39 is 4.92 Å². The van der Waals surface area contributed by atoms with Crippen LogP contribution < -0.4 is 9.47 Å². The number of ether oxygens (including phenoxy) is 2. The van der Waals surface area contributed by atoms with Gasteiger partial charge < -0.3 is 9.47 Å². The molecule has 3 rings (SSSR count). The molecule has 0 N–H and O–H groups in total. The maximum absolute atomic E-state index is 12.9. The fourth-order valence-corrected chi connectivity index (χ4v) is 4.41. The monoisotopic (exact) mass is 469 g/mol. The van der Waals surface area contributed by atoms with Crippen molar-refractivity contribution in [1.29, 1.82) is 0 Å². The molecule has 33 heavy (non-hydrogen) atoms. The van der Waals surface area contributed by atoms with E-state index >= 15 is 0 Å². The van der Waals surface area contributed by atoms with E-state index in [1.807, 2.05) is 45.9 Å². The summed E-state index contributed by atoms with van der Waals surface area (Å²) in [6.45, 7) is 8.15. The summed E-state index contributed by atoms with van der Waals surface area (Å²) in [5, 5.41) is 11.5. The number of hydrogen-bond acceptors (Lipinski definition) is 7. The number of rotatable bonds is 8. The minimum atomic E-state index is -0.438. The van der Waals surface area contributed by atoms with E-state index in [2.05, 4.69) is 4.99 Å². The molecule has 8 nitrogen and oxygen atoms in total. The predicted molar refractivity (Wildman–Crippen MR) is 131 cm³/mol. The van der Waals surface area contributed by atoms with Gasteiger partial charge in [0.15, 0.2) is 16.7 Å². The Bertz CT molecular complexity index is 1090. The van der Waals surface area contributed by atoms with Crippen molar-refractivity contribution in [2.75, 3.05) is 7.11 Å². The number of carbonyl (C=O) groups is 1. The fraction of sp³-hybridized carbons (Fsp3) is 0.333. The Kier molecular flexibility index (Phi) is 7.75. The Hall–Kier alpha value is -3.33. The molecular weight excluding hydrogens is 442 g/mol. The van der Waals surface area contributed by atoms with Gasteiger partial charge in [0.1, 0.15) is 6.61 Å². The first kappa shape index (κ1) is 24.3. The SMILES string of the molecule is COc1cc(/C=C2/SC(=NC(C)C)N(C(C)C)C2=O)ccc1OCc1ccc([N+](=O)[O-])cc1. The largest absolute Gasteiger partial charge is 0.493 e. The van der Waals surface area contributed by atoms with Crippen LogP contribution in [-0.4, -0.2) is 40.1 Å². The summed E-state index contributed by atoms with van der Waals surface area (Å²) in [5.74, 6) is 1.000. The second-order valence-corrected chi connectivity index (χ2v) is 9.02. The number of nitro groups is 1. The number of amides is 1. The van der Waals surface area contributed by atoms with Crippen LogP contribution in [0.15, 0.2) is 52.4 Å². The molecule has 174 valence electrons. The molecule has 1 heterocycles. The number of hydrogen-bond donors (Lipinski definition) is 0. The highest BCUT2D eigenvalue weighted by Gasteiger charge is 2.35. The third-order valence-electron chi connectivity index (χ3n) is 4.75. The van der Waals surface area contributed by atoms with E-state index in [1.54, 1.807) is 30.2 Å². The molecule has 1 fully saturated rings. The summed E-state index contributed by atoms with van der Waals surface area (Å²) in [4.78, 5) is 30.2. The van der Waals surface area contributed by atoms with Gasteiger partial charge in [-0.15, -0.1) is 0 Å². The van der Waals surface area contributed by atoms with Crippen LogP contribution in [-0.2, 0) is 11.4 Å². The number of amidine groups is 1. The maximum atomic E-state index is 12.9. The van der Waals surface area contributed by atoms with E-state index in [4.69, 9.17) is 9.47 Å². The second kappa shape index (κ2) is 10.5. The standard InChI is InChI=1S/C24H27N3O5S/c1-15(2)25-24-26(16(3)4)23(28)22(33-24)13-18-8-11-20(21(12-18)31-5)32-14-17-6-9-19(10-7-17)27(29)30/h6-13,15-16H,14H2,1-5H3/b22-13+,25-24?. The molecule has 0 unspecified atom stereocenters. The number of benzene rings is 2. The number of thioether (sulfide) groups is 1. The lowest BCUT2D eigenvalue weighted by Gasteiger charge is -2.20. The molecule has 0 atom stereocenters. The lowest BCUT2D eigenvalue weighted by molar-refractivity contribution is -0.384. The third-order valence-corrected chi connectivity index (χ3v) is 5.75. The highest BCUT2D eigenvalue weighted by Crippen LogP contribution is 2.36. The quantitative estimate of drug-likeness (QED) is 0.297. The van der Waals surface area contributed by atoms with E-state index in [-0.39, 0.29) is 30.3 Å². The number of nitrogens with zero attached hydrogens (tertiary/aromatic N) is 3. The van der Waals surface area contributed by atoms with E-state index in [1.165, 1.54) is 23.9 Å². The number of carbonyl (C=O) groups excluding carboxylic acids is 1. The second-order valence-electron chi connectivity index (χ2n) is 8.01. The van der Waals surface area contributed by atoms with Crippen molar-refractivity contribution in [2.24, 2.45) is 4.99 Å². The first-order valence-electron chi connectivity index (χ1n) is 10.5. The van der Waals surface area contributed by atoms with Crippen LogP contribution in [0.2, 0.25) is 0 Å². The molecule has 0 saturated carbocycles. The molecule has 2 aromatic carbocycles. The average Bonchev–Trinajstić information content (AvgIpc) is 3.06. The Labute approximate surface area is 197 Å². The van der Waals surface area contributed by atoms with Gasteiger partial charge in [-0.3, -0.25) is 24.8 Å². The Balaban J connectivity index is 1.78. The van der Waals surface area contributed by atoms with Crippen LogP contribution in [0.5, 0.6) is 11.5 Å². The van der Waals surface area contributed by atoms with Crippen LogP contribution in [0.25, 0.3) is 6.08 Å². The zero-order valence-corrected chi connectivity index (χ0v) is 20.1. The lowest BCUT2D eigenvalue weighted by Crippen LogP contribution is -2.35. The van der Waals surface area contributed by atoms with Crippen LogP contribution in [0.1, 0.15) is 38.8 Å². The van der Waals surface area contributed by atoms with Gasteiger partial charge in [0.25, 0.3) is 11.6 Å². The van der Waals surface area contributed by atoms with Crippen molar-refractivity contribution in [2.45, 2.75) is 46.4 Å². The molecular formula is C24H27N3O5S. The van der Waals surface area contributed by atoms with Crippen LogP contribution >= 0.6 is 11.8 Å². The van der Waals surface area contributed by atoms with E-state index in [0.29, 0.717) is 21.6 Å². The molecule has 1 aliphatic rings. The topological polar surface area (TPSA) is 94.3 Å². The molecule has 9 heteroatoms. The summed E-state index contributed by atoms with van der Waals surface area (Å²) < 4.78 is 11.3. The molecule has 2 aromatic rings. The van der Waals surface area contributed by atoms with Gasteiger partial charge in [-0.2, -0.15) is 0 Å². The zero-order chi connectivity index (χ0) is 24.1. The lowest BCUT2D eigenvalue weighted by atomic mass is 10.1. The molecule has 1 aliphatic heterocycles. The number of nitro benzene ring substituents is 1. The van der Waals surface area contributed by atoms with E-state index in [0.717, 1.165) is 11.1 Å². The van der Waals surface area contributed by atoms with Gasteiger partial charge in [0.05, 0.1) is 16.9 Å². The summed E-state index contributed by atoms with van der Waals surface area (Å²) in [5.41, 5.74) is 1.64. The summed E-state index contributed by atoms with van der Waals surface area (Å²) in [6.07, 6.45) is 1.83. The normalized spacial score (nSPS) is 16.3. The molecule has 0 aliphatic carbocycles. The van der Waals surface area contributed by atoms with Crippen molar-refractivity contribution >= 4 is 34.6 Å². The molecule has 0 spiro atoms. The summed E-state index contributed by atoms with van der Waals surface area (Å²) >= 11 is 1.37. The maximum Gasteiger partial charge on any atom is 0.269 e. The first-order valence-corrected chi connectivity index (χ1v) is 11.4. The fourth-order valence-electron chi connectivity index (χ4n) is 3.17. The van der Waals surface area contributed by atoms with Gasteiger partial charge in [0, 0.05) is 24.2 Å². The van der Waals surface area contributed by atoms with Gasteiger partial charge in [-0.1, -0.05) is 6.07 Å². The molecule has 0 aromatic heterocycles. The van der Waals surface area contributed by atoms with Crippen LogP contribution in [0.3, 0.4) is 0 Å². The Morgan fingerprint density at radius 2 is 1.82 bits per heavy atom. The van der Waals surface area contributed by atoms with Crippen molar-refractivity contribution < 1.29 is 19.2 Å². The molecule has 0 bridgehead atoms. The molecule has 1 amide bonds. The summed E-state index contributed by atoms with van der Waals surface area (Å²) in [7, 11) is 1.55. The highest BCUT2D eigenvalue weighted by atomic mass is 32.2. The highest BCUT2D eigenvalue weighted by molar-refractivity contribution is 8.18. The number of aliphatic imine (C=N–C) groups is 1. The zero-order valence-electron chi connectivity index (χ0n) is 19.3. The number of non-ortho nitro benzene ring substituents is 1. The smallest absolute Gasteiger partial charge is 0.269 e. The van der Waals surface area contributed by atoms with Crippen LogP contribution in [0.4, 0.5) is 5.69 Å². The Morgan fingerprint density at radius 1 is 1.12 bits per heavy atom. The van der Waals surface area contributed by atoms with Crippen molar-refractivity contribution in [1.82, 2.24) is 4.90 Å². The predicted octanol–water partition coefficient (Wildman–Crippen LogP) is 5.27. The minimum absolute atomic E-state index is 0.0122. The van der Waals surface area contributed by atoms with Gasteiger partial charge in [0.2, 0.25) is 0 Å². The van der Waals surface area contributed by atoms with Crippen molar-refractivity contribution in [3.05, 3.63) is 68.6 Å². The third kappa shape index (κ3) is 5.92. The molecule has 0 radical (unpaired) electrons.